The fraction of sp³-hybridized carbons (Fsp3) is 0.125. The number of halogens is 4. The van der Waals surface area contributed by atoms with Crippen molar-refractivity contribution in [3.8, 4) is 5.75 Å². The predicted octanol–water partition coefficient (Wildman–Crippen LogP) is 2.89. The molecule has 76 valence electrons. The lowest BCUT2D eigenvalue weighted by molar-refractivity contribution is -0.0498. The average Bonchev–Trinajstić information content (AvgIpc) is 2.10. The van der Waals surface area contributed by atoms with E-state index in [1.54, 1.807) is 0 Å². The van der Waals surface area contributed by atoms with Crippen molar-refractivity contribution in [2.45, 2.75) is 6.61 Å². The molecule has 6 heteroatoms. The molecule has 2 nitrogen and oxygen atoms in total. The van der Waals surface area contributed by atoms with Crippen molar-refractivity contribution in [3.63, 3.8) is 0 Å². The highest BCUT2D eigenvalue weighted by Crippen LogP contribution is 2.30. The van der Waals surface area contributed by atoms with E-state index >= 15 is 0 Å². The minimum absolute atomic E-state index is 0.135. The summed E-state index contributed by atoms with van der Waals surface area (Å²) >= 11 is 5.43. The Bertz CT molecular complexity index is 355. The molecule has 0 aliphatic carbocycles. The van der Waals surface area contributed by atoms with Gasteiger partial charge in [-0.3, -0.25) is 4.79 Å². The van der Waals surface area contributed by atoms with Crippen LogP contribution in [0, 0.1) is 5.82 Å². The van der Waals surface area contributed by atoms with Crippen LogP contribution in [-0.4, -0.2) is 12.9 Å². The summed E-state index contributed by atoms with van der Waals surface area (Å²) in [5.41, 5.74) is -0.496. The van der Waals surface area contributed by atoms with Crippen LogP contribution in [0.1, 0.15) is 10.4 Å². The number of ether oxygens (including phenoxy) is 1. The van der Waals surface area contributed by atoms with E-state index in [1.807, 2.05) is 0 Å². The molecule has 14 heavy (non-hydrogen) atoms. The third kappa shape index (κ3) is 2.17. The lowest BCUT2D eigenvalue weighted by Crippen LogP contribution is -2.04. The summed E-state index contributed by atoms with van der Waals surface area (Å²) in [4.78, 5) is 10.3. The molecular weight excluding hydrogens is 221 g/mol. The van der Waals surface area contributed by atoms with Crippen LogP contribution in [0.2, 0.25) is 5.02 Å². The number of hydrogen-bond donors (Lipinski definition) is 0. The normalized spacial score (nSPS) is 10.4. The minimum atomic E-state index is -3.07. The van der Waals surface area contributed by atoms with Crippen molar-refractivity contribution >= 4 is 17.9 Å². The molecule has 1 rings (SSSR count). The SMILES string of the molecule is O=Cc1c(F)ccc(OC(F)F)c1Cl. The molecule has 0 aromatic heterocycles. The molecule has 0 aliphatic heterocycles. The van der Waals surface area contributed by atoms with E-state index < -0.39 is 28.8 Å². The molecule has 0 heterocycles. The lowest BCUT2D eigenvalue weighted by Gasteiger charge is -2.07. The van der Waals surface area contributed by atoms with Crippen LogP contribution < -0.4 is 4.74 Å². The maximum absolute atomic E-state index is 12.8. The molecular formula is C8H4ClF3O2. The second-order valence-corrected chi connectivity index (χ2v) is 2.65. The van der Waals surface area contributed by atoms with Crippen LogP contribution in [-0.2, 0) is 0 Å². The van der Waals surface area contributed by atoms with Gasteiger partial charge in [-0.25, -0.2) is 4.39 Å². The number of rotatable bonds is 3. The Morgan fingerprint density at radius 1 is 1.43 bits per heavy atom. The average molecular weight is 225 g/mol. The second-order valence-electron chi connectivity index (χ2n) is 2.27. The Morgan fingerprint density at radius 3 is 2.57 bits per heavy atom. The van der Waals surface area contributed by atoms with Gasteiger partial charge >= 0.3 is 6.61 Å². The fourth-order valence-corrected chi connectivity index (χ4v) is 1.09. The Kier molecular flexibility index (Phi) is 3.35. The summed E-state index contributed by atoms with van der Waals surface area (Å²) in [7, 11) is 0. The topological polar surface area (TPSA) is 26.3 Å². The summed E-state index contributed by atoms with van der Waals surface area (Å²) in [6.45, 7) is -3.07. The van der Waals surface area contributed by atoms with Crippen molar-refractivity contribution in [2.24, 2.45) is 0 Å². The highest BCUT2D eigenvalue weighted by molar-refractivity contribution is 6.34. The van der Waals surface area contributed by atoms with Gasteiger partial charge in [-0.05, 0) is 12.1 Å². The quantitative estimate of drug-likeness (QED) is 0.738. The molecule has 1 aromatic rings. The fourth-order valence-electron chi connectivity index (χ4n) is 0.844. The molecule has 0 N–H and O–H groups in total. The van der Waals surface area contributed by atoms with Crippen LogP contribution in [0.25, 0.3) is 0 Å². The third-order valence-electron chi connectivity index (χ3n) is 1.43. The van der Waals surface area contributed by atoms with Crippen molar-refractivity contribution in [1.29, 1.82) is 0 Å². The first-order valence-electron chi connectivity index (χ1n) is 3.44. The predicted molar refractivity (Wildman–Crippen MR) is 43.4 cm³/mol. The van der Waals surface area contributed by atoms with Crippen LogP contribution in [0.15, 0.2) is 12.1 Å². The van der Waals surface area contributed by atoms with Crippen LogP contribution in [0.5, 0.6) is 5.75 Å². The van der Waals surface area contributed by atoms with Gasteiger partial charge in [0.15, 0.2) is 6.29 Å². The maximum atomic E-state index is 12.8. The third-order valence-corrected chi connectivity index (χ3v) is 1.81. The minimum Gasteiger partial charge on any atom is -0.433 e. The van der Waals surface area contributed by atoms with Crippen LogP contribution in [0.3, 0.4) is 0 Å². The maximum Gasteiger partial charge on any atom is 0.387 e. The summed E-state index contributed by atoms with van der Waals surface area (Å²) in [6.07, 6.45) is 0.135. The van der Waals surface area contributed by atoms with Crippen LogP contribution in [0.4, 0.5) is 13.2 Å². The van der Waals surface area contributed by atoms with Gasteiger partial charge in [-0.1, -0.05) is 11.6 Å². The van der Waals surface area contributed by atoms with Gasteiger partial charge < -0.3 is 4.74 Å². The summed E-state index contributed by atoms with van der Waals surface area (Å²) in [5.74, 6) is -1.31. The highest BCUT2D eigenvalue weighted by Gasteiger charge is 2.14. The summed E-state index contributed by atoms with van der Waals surface area (Å²) in [5, 5.41) is -0.458. The van der Waals surface area contributed by atoms with E-state index in [9.17, 15) is 18.0 Å². The standard InChI is InChI=1S/C8H4ClF3O2/c9-7-4(3-13)5(10)1-2-6(7)14-8(11)12/h1-3,8H. The van der Waals surface area contributed by atoms with Gasteiger partial charge in [-0.15, -0.1) is 0 Å². The Labute approximate surface area is 82.2 Å². The van der Waals surface area contributed by atoms with Gasteiger partial charge in [0.1, 0.15) is 11.6 Å². The molecule has 0 atom stereocenters. The molecule has 0 unspecified atom stereocenters. The Morgan fingerprint density at radius 2 is 2.07 bits per heavy atom. The number of carbonyl (C=O) groups is 1. The van der Waals surface area contributed by atoms with Crippen molar-refractivity contribution in [1.82, 2.24) is 0 Å². The first-order valence-corrected chi connectivity index (χ1v) is 3.82. The summed E-state index contributed by atoms with van der Waals surface area (Å²) in [6, 6.07) is 1.75. The molecule has 0 saturated heterocycles. The van der Waals surface area contributed by atoms with E-state index in [-0.39, 0.29) is 6.29 Å². The molecule has 0 aliphatic rings. The Balaban J connectivity index is 3.14. The Hall–Kier alpha value is -1.23. The number of carbonyl (C=O) groups excluding carboxylic acids is 1. The van der Waals surface area contributed by atoms with Crippen LogP contribution >= 0.6 is 11.6 Å². The molecule has 0 saturated carbocycles. The van der Waals surface area contributed by atoms with Gasteiger partial charge in [0.25, 0.3) is 0 Å². The van der Waals surface area contributed by atoms with Crippen molar-refractivity contribution < 1.29 is 22.7 Å². The van der Waals surface area contributed by atoms with E-state index in [1.165, 1.54) is 0 Å². The van der Waals surface area contributed by atoms with Gasteiger partial charge in [0.05, 0.1) is 10.6 Å². The molecule has 0 fully saturated rings. The van der Waals surface area contributed by atoms with Gasteiger partial charge in [0.2, 0.25) is 0 Å². The molecule has 0 amide bonds. The van der Waals surface area contributed by atoms with E-state index in [0.29, 0.717) is 0 Å². The van der Waals surface area contributed by atoms with Crippen molar-refractivity contribution in [2.75, 3.05) is 0 Å². The van der Waals surface area contributed by atoms with Gasteiger partial charge in [0, 0.05) is 0 Å². The molecule has 0 bridgehead atoms. The lowest BCUT2D eigenvalue weighted by atomic mass is 10.2. The first-order chi connectivity index (χ1) is 6.56. The first kappa shape index (κ1) is 10.8. The zero-order chi connectivity index (χ0) is 10.7. The second kappa shape index (κ2) is 4.32. The summed E-state index contributed by atoms with van der Waals surface area (Å²) < 4.78 is 40.3. The molecule has 1 aromatic carbocycles. The molecule has 0 radical (unpaired) electrons. The monoisotopic (exact) mass is 224 g/mol. The number of aldehydes is 1. The van der Waals surface area contributed by atoms with E-state index in [2.05, 4.69) is 4.74 Å². The molecule has 0 spiro atoms. The van der Waals surface area contributed by atoms with Gasteiger partial charge in [-0.2, -0.15) is 8.78 Å². The largest absolute Gasteiger partial charge is 0.433 e. The van der Waals surface area contributed by atoms with Crippen molar-refractivity contribution in [3.05, 3.63) is 28.5 Å². The number of benzene rings is 1. The number of hydrogen-bond acceptors (Lipinski definition) is 2. The van der Waals surface area contributed by atoms with E-state index in [4.69, 9.17) is 11.6 Å². The zero-order valence-corrected chi connectivity index (χ0v) is 7.39. The zero-order valence-electron chi connectivity index (χ0n) is 6.64. The number of alkyl halides is 2. The smallest absolute Gasteiger partial charge is 0.387 e. The highest BCUT2D eigenvalue weighted by atomic mass is 35.5. The van der Waals surface area contributed by atoms with E-state index in [0.717, 1.165) is 12.1 Å².